The Balaban J connectivity index is 1.62. The van der Waals surface area contributed by atoms with Gasteiger partial charge in [-0.25, -0.2) is 4.98 Å². The lowest BCUT2D eigenvalue weighted by atomic mass is 9.78. The first-order valence-electron chi connectivity index (χ1n) is 7.63. The highest BCUT2D eigenvalue weighted by Gasteiger charge is 2.47. The Morgan fingerprint density at radius 1 is 1.24 bits per heavy atom. The van der Waals surface area contributed by atoms with Crippen LogP contribution in [-0.4, -0.2) is 47.5 Å². The van der Waals surface area contributed by atoms with Crippen LogP contribution >= 0.6 is 0 Å². The number of likely N-dealkylation sites (tertiary alicyclic amines) is 1. The number of piperidine rings is 1. The summed E-state index contributed by atoms with van der Waals surface area (Å²) < 4.78 is 0. The molecule has 110 valence electrons. The van der Waals surface area contributed by atoms with Crippen LogP contribution in [0, 0.1) is 5.41 Å². The fraction of sp³-hybridized carbons (Fsp3) is 0.500. The Morgan fingerprint density at radius 2 is 2.14 bits per heavy atom. The second-order valence-corrected chi connectivity index (χ2v) is 6.37. The average molecular weight is 284 g/mol. The Morgan fingerprint density at radius 3 is 3.05 bits per heavy atom. The summed E-state index contributed by atoms with van der Waals surface area (Å²) in [6.07, 6.45) is 4.98. The van der Waals surface area contributed by atoms with Gasteiger partial charge in [0, 0.05) is 38.3 Å². The van der Waals surface area contributed by atoms with Crippen LogP contribution in [0.5, 0.6) is 0 Å². The van der Waals surface area contributed by atoms with Crippen molar-refractivity contribution in [1.29, 1.82) is 0 Å². The van der Waals surface area contributed by atoms with E-state index >= 15 is 0 Å². The molecular formula is C16H20N4O. The van der Waals surface area contributed by atoms with Gasteiger partial charge in [0.2, 0.25) is 5.91 Å². The van der Waals surface area contributed by atoms with Gasteiger partial charge in [-0.15, -0.1) is 0 Å². The zero-order valence-corrected chi connectivity index (χ0v) is 12.3. The summed E-state index contributed by atoms with van der Waals surface area (Å²) in [5.74, 6) is 1.29. The van der Waals surface area contributed by atoms with Crippen molar-refractivity contribution in [3.8, 4) is 0 Å². The third-order valence-corrected chi connectivity index (χ3v) is 5.02. The number of hydrogen-bond acceptors (Lipinski definition) is 3. The summed E-state index contributed by atoms with van der Waals surface area (Å²) in [7, 11) is 1.93. The van der Waals surface area contributed by atoms with Gasteiger partial charge < -0.3 is 14.8 Å². The summed E-state index contributed by atoms with van der Waals surface area (Å²) in [5.41, 5.74) is 0.736. The highest BCUT2D eigenvalue weighted by Crippen LogP contribution is 2.41. The molecule has 1 amide bonds. The number of H-pyrrole nitrogens is 1. The van der Waals surface area contributed by atoms with E-state index in [-0.39, 0.29) is 5.41 Å². The average Bonchev–Trinajstić information content (AvgIpc) is 3.11. The van der Waals surface area contributed by atoms with Gasteiger partial charge in [0.25, 0.3) is 0 Å². The van der Waals surface area contributed by atoms with Crippen LogP contribution in [0.4, 0.5) is 5.82 Å². The first-order valence-corrected chi connectivity index (χ1v) is 7.63. The molecular weight excluding hydrogens is 264 g/mol. The van der Waals surface area contributed by atoms with Gasteiger partial charge in [0.1, 0.15) is 11.5 Å². The number of amides is 1. The third kappa shape index (κ3) is 1.91. The summed E-state index contributed by atoms with van der Waals surface area (Å²) in [6.45, 7) is 2.61. The normalized spacial score (nSPS) is 26.2. The van der Waals surface area contributed by atoms with E-state index in [0.717, 1.165) is 55.7 Å². The second kappa shape index (κ2) is 4.48. The number of hydrogen-bond donors (Lipinski definition) is 1. The topological polar surface area (TPSA) is 52.2 Å². The lowest BCUT2D eigenvalue weighted by Crippen LogP contribution is -2.48. The van der Waals surface area contributed by atoms with E-state index in [1.54, 1.807) is 0 Å². The lowest BCUT2D eigenvalue weighted by Gasteiger charge is -2.37. The van der Waals surface area contributed by atoms with E-state index in [2.05, 4.69) is 27.0 Å². The summed E-state index contributed by atoms with van der Waals surface area (Å²) in [4.78, 5) is 24.6. The SMILES string of the molecule is CN1CCCC2(CCN(c3ccc4cc[nH]c4n3)C2)C1=O. The quantitative estimate of drug-likeness (QED) is 0.871. The standard InChI is InChI=1S/C16H20N4O/c1-19-9-2-6-16(15(19)21)7-10-20(11-16)13-4-3-12-5-8-17-14(12)18-13/h3-5,8H,2,6-7,9-11H2,1H3,(H,17,18). The maximum atomic E-state index is 12.6. The van der Waals surface area contributed by atoms with E-state index in [1.165, 1.54) is 0 Å². The van der Waals surface area contributed by atoms with Crippen LogP contribution in [0.1, 0.15) is 19.3 Å². The number of aromatic nitrogens is 2. The Labute approximate surface area is 123 Å². The molecule has 2 aromatic heterocycles. The fourth-order valence-electron chi connectivity index (χ4n) is 3.81. The van der Waals surface area contributed by atoms with Crippen molar-refractivity contribution in [1.82, 2.24) is 14.9 Å². The molecule has 1 N–H and O–H groups in total. The number of aromatic amines is 1. The molecule has 2 aliphatic rings. The van der Waals surface area contributed by atoms with Crippen LogP contribution in [0.2, 0.25) is 0 Å². The van der Waals surface area contributed by atoms with Crippen molar-refractivity contribution in [2.24, 2.45) is 5.41 Å². The lowest BCUT2D eigenvalue weighted by molar-refractivity contribution is -0.143. The Kier molecular flexibility index (Phi) is 2.71. The van der Waals surface area contributed by atoms with Crippen LogP contribution in [0.25, 0.3) is 11.0 Å². The van der Waals surface area contributed by atoms with Crippen LogP contribution in [0.15, 0.2) is 24.4 Å². The van der Waals surface area contributed by atoms with Crippen molar-refractivity contribution in [3.05, 3.63) is 24.4 Å². The van der Waals surface area contributed by atoms with E-state index in [0.29, 0.717) is 5.91 Å². The van der Waals surface area contributed by atoms with Gasteiger partial charge in [0.15, 0.2) is 0 Å². The van der Waals surface area contributed by atoms with Gasteiger partial charge in [0.05, 0.1) is 5.41 Å². The molecule has 0 saturated carbocycles. The van der Waals surface area contributed by atoms with Crippen LogP contribution in [-0.2, 0) is 4.79 Å². The molecule has 5 nitrogen and oxygen atoms in total. The first kappa shape index (κ1) is 12.7. The second-order valence-electron chi connectivity index (χ2n) is 6.37. The number of pyridine rings is 1. The van der Waals surface area contributed by atoms with Gasteiger partial charge in [-0.1, -0.05) is 0 Å². The molecule has 4 rings (SSSR count). The molecule has 0 aliphatic carbocycles. The molecule has 2 aromatic rings. The zero-order chi connectivity index (χ0) is 14.4. The Hall–Kier alpha value is -2.04. The van der Waals surface area contributed by atoms with E-state index in [4.69, 9.17) is 0 Å². The van der Waals surface area contributed by atoms with E-state index in [9.17, 15) is 4.79 Å². The number of carbonyl (C=O) groups is 1. The summed E-state index contributed by atoms with van der Waals surface area (Å²) in [5, 5.41) is 1.13. The first-order chi connectivity index (χ1) is 10.2. The van der Waals surface area contributed by atoms with Crippen LogP contribution in [0.3, 0.4) is 0 Å². The van der Waals surface area contributed by atoms with Crippen molar-refractivity contribution in [3.63, 3.8) is 0 Å². The summed E-state index contributed by atoms with van der Waals surface area (Å²) >= 11 is 0. The molecule has 21 heavy (non-hydrogen) atoms. The van der Waals surface area contributed by atoms with Gasteiger partial charge in [-0.2, -0.15) is 0 Å². The molecule has 2 aliphatic heterocycles. The third-order valence-electron chi connectivity index (χ3n) is 5.02. The molecule has 1 spiro atoms. The molecule has 5 heteroatoms. The minimum Gasteiger partial charge on any atom is -0.355 e. The largest absolute Gasteiger partial charge is 0.355 e. The smallest absolute Gasteiger partial charge is 0.230 e. The van der Waals surface area contributed by atoms with E-state index < -0.39 is 0 Å². The molecule has 2 fully saturated rings. The Bertz CT molecular complexity index is 694. The highest BCUT2D eigenvalue weighted by molar-refractivity contribution is 5.85. The van der Waals surface area contributed by atoms with Gasteiger partial charge in [-0.3, -0.25) is 4.79 Å². The molecule has 0 radical (unpaired) electrons. The molecule has 1 atom stereocenters. The van der Waals surface area contributed by atoms with Crippen molar-refractivity contribution < 1.29 is 4.79 Å². The van der Waals surface area contributed by atoms with Crippen molar-refractivity contribution >= 4 is 22.8 Å². The number of fused-ring (bicyclic) bond motifs is 1. The minimum absolute atomic E-state index is 0.181. The maximum absolute atomic E-state index is 12.6. The van der Waals surface area contributed by atoms with Crippen molar-refractivity contribution in [2.45, 2.75) is 19.3 Å². The fourth-order valence-corrected chi connectivity index (χ4v) is 3.81. The highest BCUT2D eigenvalue weighted by atomic mass is 16.2. The molecule has 0 bridgehead atoms. The number of rotatable bonds is 1. The predicted octanol–water partition coefficient (Wildman–Crippen LogP) is 2.01. The molecule has 0 aromatic carbocycles. The van der Waals surface area contributed by atoms with Gasteiger partial charge >= 0.3 is 0 Å². The zero-order valence-electron chi connectivity index (χ0n) is 12.3. The number of carbonyl (C=O) groups excluding carboxylic acids is 1. The van der Waals surface area contributed by atoms with E-state index in [1.807, 2.05) is 24.2 Å². The number of anilines is 1. The monoisotopic (exact) mass is 284 g/mol. The maximum Gasteiger partial charge on any atom is 0.230 e. The van der Waals surface area contributed by atoms with Gasteiger partial charge in [-0.05, 0) is 37.5 Å². The summed E-state index contributed by atoms with van der Waals surface area (Å²) in [6, 6.07) is 6.18. The molecule has 4 heterocycles. The van der Waals surface area contributed by atoms with Crippen molar-refractivity contribution in [2.75, 3.05) is 31.6 Å². The minimum atomic E-state index is -0.181. The van der Waals surface area contributed by atoms with Crippen LogP contribution < -0.4 is 4.90 Å². The molecule has 2 saturated heterocycles. The molecule has 1 unspecified atom stereocenters. The number of nitrogens with one attached hydrogen (secondary N) is 1. The predicted molar refractivity (Wildman–Crippen MR) is 82.2 cm³/mol. The number of nitrogens with zero attached hydrogens (tertiary/aromatic N) is 3.